The molecule has 1 aromatic heterocycles. The number of aromatic nitrogens is 2. The Morgan fingerprint density at radius 3 is 2.42 bits per heavy atom. The lowest BCUT2D eigenvalue weighted by molar-refractivity contribution is -0.156. The summed E-state index contributed by atoms with van der Waals surface area (Å²) in [6.45, 7) is 5.63. The van der Waals surface area contributed by atoms with Gasteiger partial charge >= 0.3 is 5.97 Å². The Morgan fingerprint density at radius 1 is 1.08 bits per heavy atom. The SMILES string of the molecule is CC(C)(C)OC(=O)C(Cc1ccccc1)c1nc2ccccc2[nH]1. The van der Waals surface area contributed by atoms with E-state index in [9.17, 15) is 4.79 Å². The highest BCUT2D eigenvalue weighted by Gasteiger charge is 2.29. The third-order valence-corrected chi connectivity index (χ3v) is 3.71. The van der Waals surface area contributed by atoms with Crippen LogP contribution in [0.15, 0.2) is 54.6 Å². The lowest BCUT2D eigenvalue weighted by Crippen LogP contribution is -2.29. The van der Waals surface area contributed by atoms with E-state index in [1.165, 1.54) is 0 Å². The van der Waals surface area contributed by atoms with Crippen molar-refractivity contribution >= 4 is 17.0 Å². The van der Waals surface area contributed by atoms with Gasteiger partial charge in [-0.1, -0.05) is 42.5 Å². The molecule has 4 nitrogen and oxygen atoms in total. The summed E-state index contributed by atoms with van der Waals surface area (Å²) in [4.78, 5) is 20.6. The molecule has 1 N–H and O–H groups in total. The highest BCUT2D eigenvalue weighted by Crippen LogP contribution is 2.25. The van der Waals surface area contributed by atoms with Crippen molar-refractivity contribution in [2.45, 2.75) is 38.7 Å². The number of nitrogens with one attached hydrogen (secondary N) is 1. The summed E-state index contributed by atoms with van der Waals surface area (Å²) in [5, 5.41) is 0. The molecule has 0 radical (unpaired) electrons. The number of benzene rings is 2. The Morgan fingerprint density at radius 2 is 1.75 bits per heavy atom. The van der Waals surface area contributed by atoms with E-state index in [1.54, 1.807) is 0 Å². The van der Waals surface area contributed by atoms with Gasteiger partial charge in [-0.3, -0.25) is 4.79 Å². The zero-order chi connectivity index (χ0) is 17.2. The summed E-state index contributed by atoms with van der Waals surface area (Å²) in [5.74, 6) is -0.0706. The molecule has 24 heavy (non-hydrogen) atoms. The maximum Gasteiger partial charge on any atom is 0.317 e. The summed E-state index contributed by atoms with van der Waals surface area (Å²) in [5.41, 5.74) is 2.33. The first-order valence-electron chi connectivity index (χ1n) is 8.14. The van der Waals surface area contributed by atoms with Crippen LogP contribution in [0, 0.1) is 0 Å². The van der Waals surface area contributed by atoms with Crippen LogP contribution in [0.3, 0.4) is 0 Å². The second-order valence-electron chi connectivity index (χ2n) is 6.91. The third-order valence-electron chi connectivity index (χ3n) is 3.71. The van der Waals surface area contributed by atoms with E-state index in [-0.39, 0.29) is 5.97 Å². The van der Waals surface area contributed by atoms with Gasteiger partial charge in [0, 0.05) is 0 Å². The van der Waals surface area contributed by atoms with E-state index < -0.39 is 11.5 Å². The molecule has 0 aliphatic carbocycles. The van der Waals surface area contributed by atoms with Crippen LogP contribution in [0.5, 0.6) is 0 Å². The van der Waals surface area contributed by atoms with Gasteiger partial charge in [-0.05, 0) is 44.9 Å². The average Bonchev–Trinajstić information content (AvgIpc) is 2.95. The van der Waals surface area contributed by atoms with Crippen molar-refractivity contribution in [3.05, 3.63) is 66.0 Å². The van der Waals surface area contributed by atoms with Crippen LogP contribution >= 0.6 is 0 Å². The number of H-pyrrole nitrogens is 1. The van der Waals surface area contributed by atoms with Crippen LogP contribution in [0.2, 0.25) is 0 Å². The zero-order valence-electron chi connectivity index (χ0n) is 14.2. The summed E-state index contributed by atoms with van der Waals surface area (Å²) in [7, 11) is 0. The fraction of sp³-hybridized carbons (Fsp3) is 0.300. The molecule has 2 aromatic carbocycles. The predicted molar refractivity (Wildman–Crippen MR) is 94.8 cm³/mol. The Balaban J connectivity index is 1.95. The van der Waals surface area contributed by atoms with Gasteiger partial charge in [-0.25, -0.2) is 4.98 Å². The van der Waals surface area contributed by atoms with Crippen LogP contribution in [0.4, 0.5) is 0 Å². The van der Waals surface area contributed by atoms with Gasteiger partial charge in [0.25, 0.3) is 0 Å². The topological polar surface area (TPSA) is 55.0 Å². The molecule has 0 aliphatic rings. The lowest BCUT2D eigenvalue weighted by Gasteiger charge is -2.23. The number of rotatable bonds is 4. The van der Waals surface area contributed by atoms with Gasteiger partial charge in [0.15, 0.2) is 0 Å². The van der Waals surface area contributed by atoms with Crippen LogP contribution in [-0.2, 0) is 16.0 Å². The van der Waals surface area contributed by atoms with Crippen molar-refractivity contribution in [2.75, 3.05) is 0 Å². The van der Waals surface area contributed by atoms with E-state index in [0.717, 1.165) is 16.6 Å². The maximum atomic E-state index is 12.8. The number of ether oxygens (including phenoxy) is 1. The minimum absolute atomic E-state index is 0.259. The quantitative estimate of drug-likeness (QED) is 0.731. The number of nitrogens with zero attached hydrogens (tertiary/aromatic N) is 1. The van der Waals surface area contributed by atoms with E-state index in [0.29, 0.717) is 12.2 Å². The molecule has 1 heterocycles. The lowest BCUT2D eigenvalue weighted by atomic mass is 9.98. The number of imidazole rings is 1. The molecule has 1 unspecified atom stereocenters. The maximum absolute atomic E-state index is 12.8. The van der Waals surface area contributed by atoms with Crippen LogP contribution in [-0.4, -0.2) is 21.5 Å². The molecule has 0 amide bonds. The van der Waals surface area contributed by atoms with Gasteiger partial charge < -0.3 is 9.72 Å². The first-order valence-corrected chi connectivity index (χ1v) is 8.14. The fourth-order valence-corrected chi connectivity index (χ4v) is 2.65. The number of aromatic amines is 1. The van der Waals surface area contributed by atoms with E-state index >= 15 is 0 Å². The number of carbonyl (C=O) groups excluding carboxylic acids is 1. The van der Waals surface area contributed by atoms with Crippen molar-refractivity contribution in [3.63, 3.8) is 0 Å². The number of carbonyl (C=O) groups is 1. The number of fused-ring (bicyclic) bond motifs is 1. The summed E-state index contributed by atoms with van der Waals surface area (Å²) >= 11 is 0. The zero-order valence-corrected chi connectivity index (χ0v) is 14.2. The normalized spacial score (nSPS) is 13.0. The largest absolute Gasteiger partial charge is 0.459 e. The highest BCUT2D eigenvalue weighted by molar-refractivity contribution is 5.81. The Labute approximate surface area is 141 Å². The van der Waals surface area contributed by atoms with Gasteiger partial charge in [-0.15, -0.1) is 0 Å². The molecule has 0 fully saturated rings. The molecule has 3 rings (SSSR count). The summed E-state index contributed by atoms with van der Waals surface area (Å²) < 4.78 is 5.62. The minimum atomic E-state index is -0.530. The van der Waals surface area contributed by atoms with Gasteiger partial charge in [-0.2, -0.15) is 0 Å². The van der Waals surface area contributed by atoms with E-state index in [1.807, 2.05) is 75.4 Å². The monoisotopic (exact) mass is 322 g/mol. The molecule has 3 aromatic rings. The van der Waals surface area contributed by atoms with Crippen molar-refractivity contribution in [3.8, 4) is 0 Å². The Hall–Kier alpha value is -2.62. The predicted octanol–water partition coefficient (Wildman–Crippen LogP) is 4.23. The fourth-order valence-electron chi connectivity index (χ4n) is 2.65. The molecule has 0 bridgehead atoms. The molecule has 124 valence electrons. The first kappa shape index (κ1) is 16.2. The number of para-hydroxylation sites is 2. The highest BCUT2D eigenvalue weighted by atomic mass is 16.6. The molecular weight excluding hydrogens is 300 g/mol. The van der Waals surface area contributed by atoms with Crippen molar-refractivity contribution in [1.82, 2.24) is 9.97 Å². The van der Waals surface area contributed by atoms with Crippen LogP contribution in [0.1, 0.15) is 38.1 Å². The summed E-state index contributed by atoms with van der Waals surface area (Å²) in [6, 6.07) is 17.7. The van der Waals surface area contributed by atoms with Crippen molar-refractivity contribution < 1.29 is 9.53 Å². The number of hydrogen-bond donors (Lipinski definition) is 1. The van der Waals surface area contributed by atoms with Gasteiger partial charge in [0.05, 0.1) is 11.0 Å². The van der Waals surface area contributed by atoms with Crippen LogP contribution < -0.4 is 0 Å². The average molecular weight is 322 g/mol. The molecule has 0 aliphatic heterocycles. The van der Waals surface area contributed by atoms with E-state index in [2.05, 4.69) is 9.97 Å². The molecular formula is C20H22N2O2. The van der Waals surface area contributed by atoms with Gasteiger partial charge in [0.2, 0.25) is 0 Å². The summed E-state index contributed by atoms with van der Waals surface area (Å²) in [6.07, 6.45) is 0.551. The van der Waals surface area contributed by atoms with Crippen molar-refractivity contribution in [2.24, 2.45) is 0 Å². The Bertz CT molecular complexity index is 798. The molecule has 0 saturated carbocycles. The van der Waals surface area contributed by atoms with E-state index in [4.69, 9.17) is 4.74 Å². The van der Waals surface area contributed by atoms with Crippen LogP contribution in [0.25, 0.3) is 11.0 Å². The van der Waals surface area contributed by atoms with Gasteiger partial charge in [0.1, 0.15) is 17.3 Å². The second kappa shape index (κ2) is 6.48. The molecule has 0 saturated heterocycles. The molecule has 1 atom stereocenters. The Kier molecular flexibility index (Phi) is 4.38. The third kappa shape index (κ3) is 3.82. The van der Waals surface area contributed by atoms with Crippen molar-refractivity contribution in [1.29, 1.82) is 0 Å². The standard InChI is InChI=1S/C20H22N2O2/c1-20(2,3)24-19(23)15(13-14-9-5-4-6-10-14)18-21-16-11-7-8-12-17(16)22-18/h4-12,15H,13H2,1-3H3,(H,21,22). The smallest absolute Gasteiger partial charge is 0.317 e. The molecule has 0 spiro atoms. The number of hydrogen-bond acceptors (Lipinski definition) is 3. The minimum Gasteiger partial charge on any atom is -0.459 e. The molecule has 4 heteroatoms. The first-order chi connectivity index (χ1) is 11.4. The number of esters is 1. The second-order valence-corrected chi connectivity index (χ2v) is 6.91.